The summed E-state index contributed by atoms with van der Waals surface area (Å²) in [7, 11) is 0. The number of aryl methyl sites for hydroxylation is 2. The number of benzene rings is 1. The highest BCUT2D eigenvalue weighted by atomic mass is 16.5. The van der Waals surface area contributed by atoms with E-state index < -0.39 is 0 Å². The van der Waals surface area contributed by atoms with Crippen LogP contribution in [0.1, 0.15) is 37.2 Å². The minimum Gasteiger partial charge on any atom is -0.494 e. The molecule has 0 saturated heterocycles. The summed E-state index contributed by atoms with van der Waals surface area (Å²) in [6.45, 7) is 5.77. The second kappa shape index (κ2) is 7.10. The average Bonchev–Trinajstić information content (AvgIpc) is 2.87. The van der Waals surface area contributed by atoms with Crippen LogP contribution in [0.4, 0.5) is 0 Å². The van der Waals surface area contributed by atoms with Gasteiger partial charge in [0.25, 0.3) is 0 Å². The van der Waals surface area contributed by atoms with Crippen LogP contribution in [-0.4, -0.2) is 16.2 Å². The van der Waals surface area contributed by atoms with Crippen LogP contribution in [0.25, 0.3) is 0 Å². The lowest BCUT2D eigenvalue weighted by Crippen LogP contribution is -2.19. The summed E-state index contributed by atoms with van der Waals surface area (Å²) >= 11 is 0. The number of nitrogens with two attached hydrogens (primary N) is 1. The second-order valence-electron chi connectivity index (χ2n) is 5.04. The maximum absolute atomic E-state index is 6.20. The first-order chi connectivity index (χ1) is 9.70. The van der Waals surface area contributed by atoms with E-state index >= 15 is 0 Å². The van der Waals surface area contributed by atoms with Gasteiger partial charge >= 0.3 is 0 Å². The fourth-order valence-electron chi connectivity index (χ4n) is 2.22. The lowest BCUT2D eigenvalue weighted by atomic mass is 10.2. The second-order valence-corrected chi connectivity index (χ2v) is 5.04. The highest BCUT2D eigenvalue weighted by Crippen LogP contribution is 2.16. The van der Waals surface area contributed by atoms with Gasteiger partial charge in [-0.2, -0.15) is 0 Å². The van der Waals surface area contributed by atoms with Crippen LogP contribution in [0.5, 0.6) is 5.75 Å². The van der Waals surface area contributed by atoms with E-state index in [-0.39, 0.29) is 6.04 Å². The Kier molecular flexibility index (Phi) is 5.18. The van der Waals surface area contributed by atoms with E-state index in [1.165, 1.54) is 5.56 Å². The molecule has 0 fully saturated rings. The Morgan fingerprint density at radius 2 is 2.25 bits per heavy atom. The van der Waals surface area contributed by atoms with Gasteiger partial charge in [-0.3, -0.25) is 0 Å². The molecular formula is C16H23N3O. The van der Waals surface area contributed by atoms with Gasteiger partial charge < -0.3 is 15.0 Å². The Balaban J connectivity index is 1.85. The molecule has 108 valence electrons. The molecule has 0 amide bonds. The van der Waals surface area contributed by atoms with Gasteiger partial charge in [-0.15, -0.1) is 0 Å². The highest BCUT2D eigenvalue weighted by molar-refractivity contribution is 5.27. The van der Waals surface area contributed by atoms with E-state index in [1.807, 2.05) is 30.6 Å². The Labute approximate surface area is 120 Å². The summed E-state index contributed by atoms with van der Waals surface area (Å²) in [5.74, 6) is 1.84. The van der Waals surface area contributed by atoms with Crippen molar-refractivity contribution in [2.75, 3.05) is 6.61 Å². The molecule has 4 heteroatoms. The van der Waals surface area contributed by atoms with Gasteiger partial charge in [0.1, 0.15) is 11.6 Å². The summed E-state index contributed by atoms with van der Waals surface area (Å²) < 4.78 is 7.86. The third kappa shape index (κ3) is 3.84. The lowest BCUT2D eigenvalue weighted by Gasteiger charge is -2.14. The lowest BCUT2D eigenvalue weighted by molar-refractivity contribution is 0.294. The molecule has 1 aromatic heterocycles. The quantitative estimate of drug-likeness (QED) is 0.843. The summed E-state index contributed by atoms with van der Waals surface area (Å²) in [6, 6.07) is 7.97. The molecule has 0 radical (unpaired) electrons. The van der Waals surface area contributed by atoms with Crippen molar-refractivity contribution in [2.45, 2.75) is 39.3 Å². The first kappa shape index (κ1) is 14.6. The van der Waals surface area contributed by atoms with Gasteiger partial charge in [-0.1, -0.05) is 19.1 Å². The number of nitrogens with zero attached hydrogens (tertiary/aromatic N) is 2. The van der Waals surface area contributed by atoms with Gasteiger partial charge in [0, 0.05) is 25.4 Å². The molecule has 1 unspecified atom stereocenters. The molecule has 1 aromatic carbocycles. The first-order valence-corrected chi connectivity index (χ1v) is 7.16. The zero-order valence-corrected chi connectivity index (χ0v) is 12.2. The first-order valence-electron chi connectivity index (χ1n) is 7.16. The standard InChI is InChI=1S/C16H23N3O/c1-3-9-19-10-8-18-16(19)15(17)7-11-20-14-6-4-5-13(2)12-14/h4-6,8,10,12,15H,3,7,9,11,17H2,1-2H3. The molecule has 0 bridgehead atoms. The van der Waals surface area contributed by atoms with Crippen LogP contribution in [0.15, 0.2) is 36.7 Å². The van der Waals surface area contributed by atoms with E-state index in [0.717, 1.165) is 31.0 Å². The number of rotatable bonds is 7. The molecule has 2 N–H and O–H groups in total. The number of imidazole rings is 1. The van der Waals surface area contributed by atoms with E-state index in [9.17, 15) is 0 Å². The topological polar surface area (TPSA) is 53.1 Å². The molecule has 0 aliphatic carbocycles. The van der Waals surface area contributed by atoms with Crippen molar-refractivity contribution in [1.82, 2.24) is 9.55 Å². The number of ether oxygens (including phenoxy) is 1. The van der Waals surface area contributed by atoms with Crippen LogP contribution < -0.4 is 10.5 Å². The summed E-state index contributed by atoms with van der Waals surface area (Å²) in [5.41, 5.74) is 7.40. The largest absolute Gasteiger partial charge is 0.494 e. The third-order valence-corrected chi connectivity index (χ3v) is 3.23. The Morgan fingerprint density at radius 1 is 1.40 bits per heavy atom. The highest BCUT2D eigenvalue weighted by Gasteiger charge is 2.12. The Bertz CT molecular complexity index is 536. The van der Waals surface area contributed by atoms with Crippen LogP contribution in [0.2, 0.25) is 0 Å². The van der Waals surface area contributed by atoms with Crippen molar-refractivity contribution in [3.05, 3.63) is 48.0 Å². The van der Waals surface area contributed by atoms with Gasteiger partial charge in [0.05, 0.1) is 12.6 Å². The van der Waals surface area contributed by atoms with Crippen molar-refractivity contribution in [3.8, 4) is 5.75 Å². The third-order valence-electron chi connectivity index (χ3n) is 3.23. The molecular weight excluding hydrogens is 250 g/mol. The molecule has 0 spiro atoms. The summed E-state index contributed by atoms with van der Waals surface area (Å²) in [5, 5.41) is 0. The molecule has 2 rings (SSSR count). The SMILES string of the molecule is CCCn1ccnc1C(N)CCOc1cccc(C)c1. The molecule has 1 heterocycles. The van der Waals surface area contributed by atoms with Crippen molar-refractivity contribution >= 4 is 0 Å². The predicted octanol–water partition coefficient (Wildman–Crippen LogP) is 3.07. The smallest absolute Gasteiger partial charge is 0.125 e. The van der Waals surface area contributed by atoms with Crippen LogP contribution in [0, 0.1) is 6.92 Å². The Morgan fingerprint density at radius 3 is 3.00 bits per heavy atom. The summed E-state index contributed by atoms with van der Waals surface area (Å²) in [6.07, 6.45) is 5.64. The molecule has 1 atom stereocenters. The number of hydrogen-bond acceptors (Lipinski definition) is 3. The van der Waals surface area contributed by atoms with Crippen molar-refractivity contribution < 1.29 is 4.74 Å². The predicted molar refractivity (Wildman–Crippen MR) is 80.7 cm³/mol. The van der Waals surface area contributed by atoms with Crippen LogP contribution >= 0.6 is 0 Å². The minimum absolute atomic E-state index is 0.0821. The monoisotopic (exact) mass is 273 g/mol. The van der Waals surface area contributed by atoms with Crippen molar-refractivity contribution in [1.29, 1.82) is 0 Å². The van der Waals surface area contributed by atoms with E-state index in [4.69, 9.17) is 10.5 Å². The molecule has 20 heavy (non-hydrogen) atoms. The number of hydrogen-bond donors (Lipinski definition) is 1. The van der Waals surface area contributed by atoms with Gasteiger partial charge in [0.15, 0.2) is 0 Å². The van der Waals surface area contributed by atoms with E-state index in [0.29, 0.717) is 6.61 Å². The molecule has 0 saturated carbocycles. The number of aromatic nitrogens is 2. The van der Waals surface area contributed by atoms with Gasteiger partial charge in [0.2, 0.25) is 0 Å². The van der Waals surface area contributed by atoms with Gasteiger partial charge in [-0.05, 0) is 31.0 Å². The molecule has 0 aliphatic heterocycles. The van der Waals surface area contributed by atoms with Gasteiger partial charge in [-0.25, -0.2) is 4.98 Å². The fourth-order valence-corrected chi connectivity index (χ4v) is 2.22. The maximum atomic E-state index is 6.20. The summed E-state index contributed by atoms with van der Waals surface area (Å²) in [4.78, 5) is 4.36. The van der Waals surface area contributed by atoms with Crippen LogP contribution in [0.3, 0.4) is 0 Å². The average molecular weight is 273 g/mol. The zero-order chi connectivity index (χ0) is 14.4. The Hall–Kier alpha value is -1.81. The van der Waals surface area contributed by atoms with Crippen LogP contribution in [-0.2, 0) is 6.54 Å². The zero-order valence-electron chi connectivity index (χ0n) is 12.2. The minimum atomic E-state index is -0.0821. The maximum Gasteiger partial charge on any atom is 0.125 e. The fraction of sp³-hybridized carbons (Fsp3) is 0.438. The molecule has 2 aromatic rings. The van der Waals surface area contributed by atoms with E-state index in [2.05, 4.69) is 29.5 Å². The molecule has 4 nitrogen and oxygen atoms in total. The van der Waals surface area contributed by atoms with Crippen molar-refractivity contribution in [2.24, 2.45) is 5.73 Å². The van der Waals surface area contributed by atoms with E-state index in [1.54, 1.807) is 0 Å². The normalized spacial score (nSPS) is 12.3. The van der Waals surface area contributed by atoms with Crippen molar-refractivity contribution in [3.63, 3.8) is 0 Å². The molecule has 0 aliphatic rings.